The van der Waals surface area contributed by atoms with Crippen LogP contribution >= 0.6 is 0 Å². The Morgan fingerprint density at radius 1 is 1.75 bits per heavy atom. The molecular formula is C5H7N2O. The molecule has 1 radical (unpaired) electrons. The lowest BCUT2D eigenvalue weighted by molar-refractivity contribution is 0.196. The highest BCUT2D eigenvalue weighted by atomic mass is 16.3. The summed E-state index contributed by atoms with van der Waals surface area (Å²) in [5.41, 5.74) is 0.917. The number of hydrogen-bond donors (Lipinski definition) is 1. The first-order valence-corrected chi connectivity index (χ1v) is 2.49. The average Bonchev–Trinajstić information content (AvgIpc) is 2.19. The number of nitrogens with one attached hydrogen (secondary N) is 1. The minimum Gasteiger partial charge on any atom is -0.348 e. The largest absolute Gasteiger partial charge is 0.348 e. The second-order valence-corrected chi connectivity index (χ2v) is 1.53. The zero-order valence-electron chi connectivity index (χ0n) is 4.42. The van der Waals surface area contributed by atoms with E-state index in [1.165, 1.54) is 0 Å². The SMILES string of the molecule is [O]CCc1cnc[nH]1. The third kappa shape index (κ3) is 1.07. The summed E-state index contributed by atoms with van der Waals surface area (Å²) in [5.74, 6) is 0. The van der Waals surface area contributed by atoms with Crippen molar-refractivity contribution in [1.29, 1.82) is 0 Å². The van der Waals surface area contributed by atoms with E-state index in [4.69, 9.17) is 0 Å². The fourth-order valence-corrected chi connectivity index (χ4v) is 0.531. The average molecular weight is 111 g/mol. The van der Waals surface area contributed by atoms with Gasteiger partial charge in [-0.3, -0.25) is 0 Å². The van der Waals surface area contributed by atoms with Crippen LogP contribution in [0.1, 0.15) is 5.69 Å². The van der Waals surface area contributed by atoms with E-state index in [9.17, 15) is 5.11 Å². The number of hydrogen-bond acceptors (Lipinski definition) is 1. The van der Waals surface area contributed by atoms with Crippen molar-refractivity contribution in [3.05, 3.63) is 18.2 Å². The highest BCUT2D eigenvalue weighted by Crippen LogP contribution is 1.89. The Hall–Kier alpha value is -0.830. The summed E-state index contributed by atoms with van der Waals surface area (Å²) in [6, 6.07) is 0. The minimum atomic E-state index is -0.0673. The van der Waals surface area contributed by atoms with Gasteiger partial charge in [-0.25, -0.2) is 10.1 Å². The van der Waals surface area contributed by atoms with Crippen LogP contribution in [-0.2, 0) is 11.5 Å². The summed E-state index contributed by atoms with van der Waals surface area (Å²) < 4.78 is 0. The molecule has 0 aliphatic carbocycles. The van der Waals surface area contributed by atoms with E-state index in [1.54, 1.807) is 12.5 Å². The van der Waals surface area contributed by atoms with Crippen LogP contribution in [0.4, 0.5) is 0 Å². The molecule has 0 saturated carbocycles. The van der Waals surface area contributed by atoms with Gasteiger partial charge in [-0.15, -0.1) is 0 Å². The van der Waals surface area contributed by atoms with Crippen molar-refractivity contribution < 1.29 is 5.11 Å². The molecule has 0 atom stereocenters. The lowest BCUT2D eigenvalue weighted by Gasteiger charge is -1.84. The molecule has 8 heavy (non-hydrogen) atoms. The van der Waals surface area contributed by atoms with Gasteiger partial charge in [-0.05, 0) is 0 Å². The molecular weight excluding hydrogens is 104 g/mol. The van der Waals surface area contributed by atoms with E-state index in [1.807, 2.05) is 0 Å². The van der Waals surface area contributed by atoms with Crippen molar-refractivity contribution in [2.24, 2.45) is 0 Å². The first kappa shape index (κ1) is 5.31. The summed E-state index contributed by atoms with van der Waals surface area (Å²) >= 11 is 0. The third-order valence-electron chi connectivity index (χ3n) is 0.926. The molecule has 1 rings (SSSR count). The molecule has 1 N–H and O–H groups in total. The highest BCUT2D eigenvalue weighted by Gasteiger charge is 1.88. The molecule has 0 spiro atoms. The number of imidazole rings is 1. The second kappa shape index (κ2) is 2.47. The summed E-state index contributed by atoms with van der Waals surface area (Å²) in [7, 11) is 0. The number of rotatable bonds is 2. The van der Waals surface area contributed by atoms with E-state index in [0.29, 0.717) is 6.42 Å². The van der Waals surface area contributed by atoms with E-state index in [-0.39, 0.29) is 6.61 Å². The fourth-order valence-electron chi connectivity index (χ4n) is 0.531. The van der Waals surface area contributed by atoms with E-state index in [2.05, 4.69) is 9.97 Å². The Morgan fingerprint density at radius 2 is 2.62 bits per heavy atom. The van der Waals surface area contributed by atoms with Gasteiger partial charge in [0.2, 0.25) is 0 Å². The number of H-pyrrole nitrogens is 1. The third-order valence-corrected chi connectivity index (χ3v) is 0.926. The maximum atomic E-state index is 9.95. The molecule has 1 aromatic rings. The molecule has 0 aromatic carbocycles. The lowest BCUT2D eigenvalue weighted by atomic mass is 10.4. The van der Waals surface area contributed by atoms with Gasteiger partial charge in [0.25, 0.3) is 0 Å². The van der Waals surface area contributed by atoms with Gasteiger partial charge in [0.05, 0.1) is 12.9 Å². The summed E-state index contributed by atoms with van der Waals surface area (Å²) in [5, 5.41) is 9.95. The van der Waals surface area contributed by atoms with Gasteiger partial charge in [0, 0.05) is 18.3 Å². The van der Waals surface area contributed by atoms with Gasteiger partial charge < -0.3 is 4.98 Å². The number of nitrogens with zero attached hydrogens (tertiary/aromatic N) is 1. The topological polar surface area (TPSA) is 48.6 Å². The molecule has 0 saturated heterocycles. The van der Waals surface area contributed by atoms with Crippen LogP contribution in [0.2, 0.25) is 0 Å². The van der Waals surface area contributed by atoms with E-state index >= 15 is 0 Å². The molecule has 3 heteroatoms. The normalized spacial score (nSPS) is 9.62. The van der Waals surface area contributed by atoms with Crippen molar-refractivity contribution >= 4 is 0 Å². The van der Waals surface area contributed by atoms with Crippen LogP contribution in [0.5, 0.6) is 0 Å². The first-order chi connectivity index (χ1) is 3.93. The van der Waals surface area contributed by atoms with Gasteiger partial charge in [0.15, 0.2) is 0 Å². The van der Waals surface area contributed by atoms with Crippen molar-refractivity contribution in [1.82, 2.24) is 9.97 Å². The Kier molecular flexibility index (Phi) is 1.64. The quantitative estimate of drug-likeness (QED) is 0.589. The maximum Gasteiger partial charge on any atom is 0.0921 e. The monoisotopic (exact) mass is 111 g/mol. The first-order valence-electron chi connectivity index (χ1n) is 2.49. The predicted molar refractivity (Wildman–Crippen MR) is 27.8 cm³/mol. The van der Waals surface area contributed by atoms with Crippen LogP contribution in [0.25, 0.3) is 0 Å². The van der Waals surface area contributed by atoms with Crippen molar-refractivity contribution in [2.75, 3.05) is 6.61 Å². The fraction of sp³-hybridized carbons (Fsp3) is 0.400. The Bertz CT molecular complexity index is 136. The van der Waals surface area contributed by atoms with Crippen molar-refractivity contribution in [2.45, 2.75) is 6.42 Å². The van der Waals surface area contributed by atoms with Crippen LogP contribution in [-0.4, -0.2) is 16.6 Å². The second-order valence-electron chi connectivity index (χ2n) is 1.53. The molecule has 0 fully saturated rings. The standard InChI is InChI=1S/C5H7N2O/c8-2-1-5-3-6-4-7-5/h3-4H,1-2H2,(H,6,7). The van der Waals surface area contributed by atoms with Crippen molar-refractivity contribution in [3.63, 3.8) is 0 Å². The van der Waals surface area contributed by atoms with Crippen LogP contribution in [0.15, 0.2) is 12.5 Å². The molecule has 0 unspecified atom stereocenters. The summed E-state index contributed by atoms with van der Waals surface area (Å²) in [6.07, 6.45) is 3.79. The van der Waals surface area contributed by atoms with E-state index < -0.39 is 0 Å². The molecule has 3 nitrogen and oxygen atoms in total. The molecule has 1 aromatic heterocycles. The molecule has 0 amide bonds. The zero-order valence-corrected chi connectivity index (χ0v) is 4.42. The number of aromatic amines is 1. The van der Waals surface area contributed by atoms with Crippen LogP contribution in [0, 0.1) is 0 Å². The van der Waals surface area contributed by atoms with Crippen LogP contribution in [0.3, 0.4) is 0 Å². The maximum absolute atomic E-state index is 9.95. The van der Waals surface area contributed by atoms with Crippen molar-refractivity contribution in [3.8, 4) is 0 Å². The molecule has 43 valence electrons. The molecule has 0 bridgehead atoms. The molecule has 0 aliphatic rings. The zero-order chi connectivity index (χ0) is 5.82. The predicted octanol–water partition coefficient (Wildman–Crippen LogP) is 0.383. The van der Waals surface area contributed by atoms with Gasteiger partial charge >= 0.3 is 0 Å². The Morgan fingerprint density at radius 3 is 3.12 bits per heavy atom. The van der Waals surface area contributed by atoms with Gasteiger partial charge in [-0.1, -0.05) is 0 Å². The molecule has 0 aliphatic heterocycles. The molecule has 1 heterocycles. The minimum absolute atomic E-state index is 0.0673. The Balaban J connectivity index is 2.50. The highest BCUT2D eigenvalue weighted by molar-refractivity contribution is 4.93. The number of aromatic nitrogens is 2. The van der Waals surface area contributed by atoms with Gasteiger partial charge in [-0.2, -0.15) is 0 Å². The summed E-state index contributed by atoms with van der Waals surface area (Å²) in [6.45, 7) is -0.0673. The van der Waals surface area contributed by atoms with Gasteiger partial charge in [0.1, 0.15) is 0 Å². The Labute approximate surface area is 47.4 Å². The van der Waals surface area contributed by atoms with E-state index in [0.717, 1.165) is 5.69 Å². The lowest BCUT2D eigenvalue weighted by Crippen LogP contribution is -1.87. The smallest absolute Gasteiger partial charge is 0.0921 e. The summed E-state index contributed by atoms with van der Waals surface area (Å²) in [4.78, 5) is 6.57. The van der Waals surface area contributed by atoms with Crippen LogP contribution < -0.4 is 0 Å².